The molecule has 1 amide bonds. The first kappa shape index (κ1) is 14.7. The molecule has 0 aliphatic carbocycles. The van der Waals surface area contributed by atoms with Crippen LogP contribution in [0.2, 0.25) is 0 Å². The minimum atomic E-state index is -0.456. The van der Waals surface area contributed by atoms with Crippen LogP contribution in [0.3, 0.4) is 0 Å². The van der Waals surface area contributed by atoms with E-state index in [9.17, 15) is 9.18 Å². The number of anilines is 1. The second-order valence-corrected chi connectivity index (χ2v) is 5.17. The van der Waals surface area contributed by atoms with E-state index < -0.39 is 11.7 Å². The summed E-state index contributed by atoms with van der Waals surface area (Å²) in [4.78, 5) is 12.2. The number of hydrogen-bond donors (Lipinski definition) is 2. The number of benzene rings is 2. The van der Waals surface area contributed by atoms with Gasteiger partial charge < -0.3 is 11.1 Å². The van der Waals surface area contributed by atoms with Crippen LogP contribution in [0.1, 0.15) is 11.5 Å². The number of halogens is 2. The van der Waals surface area contributed by atoms with Gasteiger partial charge in [-0.15, -0.1) is 0 Å². The first-order valence-electron chi connectivity index (χ1n) is 6.12. The minimum absolute atomic E-state index is 0.189. The Kier molecular flexibility index (Phi) is 4.87. The summed E-state index contributed by atoms with van der Waals surface area (Å²) in [7, 11) is 0. The molecule has 2 aromatic rings. The summed E-state index contributed by atoms with van der Waals surface area (Å²) in [6, 6.07) is 13.7. The van der Waals surface area contributed by atoms with Crippen molar-refractivity contribution in [2.45, 2.75) is 5.92 Å². The summed E-state index contributed by atoms with van der Waals surface area (Å²) in [5, 5.41) is 2.68. The van der Waals surface area contributed by atoms with Crippen LogP contribution in [0, 0.1) is 5.82 Å². The molecule has 104 valence electrons. The summed E-state index contributed by atoms with van der Waals surface area (Å²) < 4.78 is 13.8. The third-order valence-electron chi connectivity index (χ3n) is 2.94. The van der Waals surface area contributed by atoms with Crippen LogP contribution < -0.4 is 11.1 Å². The van der Waals surface area contributed by atoms with Crippen LogP contribution in [-0.4, -0.2) is 12.5 Å². The Bertz CT molecular complexity index is 604. The summed E-state index contributed by atoms with van der Waals surface area (Å²) in [5.74, 6) is -1.13. The molecular weight excluding hydrogens is 323 g/mol. The molecule has 1 atom stereocenters. The van der Waals surface area contributed by atoms with E-state index in [2.05, 4.69) is 21.2 Å². The molecule has 0 saturated heterocycles. The van der Waals surface area contributed by atoms with Gasteiger partial charge in [-0.05, 0) is 39.7 Å². The van der Waals surface area contributed by atoms with E-state index in [0.29, 0.717) is 10.2 Å². The van der Waals surface area contributed by atoms with E-state index in [1.807, 2.05) is 30.3 Å². The number of nitrogens with two attached hydrogens (primary N) is 1. The van der Waals surface area contributed by atoms with Crippen LogP contribution in [0.25, 0.3) is 0 Å². The van der Waals surface area contributed by atoms with E-state index in [0.717, 1.165) is 5.56 Å². The predicted octanol–water partition coefficient (Wildman–Crippen LogP) is 3.27. The molecule has 0 aliphatic rings. The highest BCUT2D eigenvalue weighted by Gasteiger charge is 2.19. The third kappa shape index (κ3) is 3.43. The van der Waals surface area contributed by atoms with Crippen molar-refractivity contribution < 1.29 is 9.18 Å². The molecule has 0 aromatic heterocycles. The normalized spacial score (nSPS) is 11.9. The Labute approximate surface area is 125 Å². The van der Waals surface area contributed by atoms with Crippen molar-refractivity contribution >= 4 is 27.5 Å². The van der Waals surface area contributed by atoms with Gasteiger partial charge in [0, 0.05) is 12.2 Å². The predicted molar refractivity (Wildman–Crippen MR) is 81.0 cm³/mol. The first-order chi connectivity index (χ1) is 9.61. The van der Waals surface area contributed by atoms with Gasteiger partial charge in [0.15, 0.2) is 0 Å². The number of hydrogen-bond acceptors (Lipinski definition) is 2. The fourth-order valence-corrected chi connectivity index (χ4v) is 2.13. The molecule has 0 bridgehead atoms. The zero-order chi connectivity index (χ0) is 14.5. The number of amides is 1. The second kappa shape index (κ2) is 6.63. The Morgan fingerprint density at radius 3 is 2.55 bits per heavy atom. The molecule has 1 unspecified atom stereocenters. The fraction of sp³-hybridized carbons (Fsp3) is 0.133. The van der Waals surface area contributed by atoms with Gasteiger partial charge in [0.05, 0.1) is 10.4 Å². The van der Waals surface area contributed by atoms with E-state index in [1.165, 1.54) is 6.07 Å². The molecule has 0 fully saturated rings. The van der Waals surface area contributed by atoms with E-state index >= 15 is 0 Å². The maximum atomic E-state index is 13.4. The quantitative estimate of drug-likeness (QED) is 0.900. The highest BCUT2D eigenvalue weighted by atomic mass is 79.9. The van der Waals surface area contributed by atoms with E-state index in [4.69, 9.17) is 5.73 Å². The van der Waals surface area contributed by atoms with Crippen molar-refractivity contribution in [2.24, 2.45) is 5.73 Å². The lowest BCUT2D eigenvalue weighted by Crippen LogP contribution is -2.27. The summed E-state index contributed by atoms with van der Waals surface area (Å²) >= 11 is 3.07. The summed E-state index contributed by atoms with van der Waals surface area (Å²) in [6.45, 7) is 0.189. The summed E-state index contributed by atoms with van der Waals surface area (Å²) in [6.07, 6.45) is 0. The van der Waals surface area contributed by atoms with Crippen molar-refractivity contribution in [3.63, 3.8) is 0 Å². The van der Waals surface area contributed by atoms with Crippen molar-refractivity contribution in [2.75, 3.05) is 11.9 Å². The van der Waals surface area contributed by atoms with Gasteiger partial charge in [0.1, 0.15) is 5.82 Å². The van der Waals surface area contributed by atoms with Gasteiger partial charge in [0.2, 0.25) is 5.91 Å². The van der Waals surface area contributed by atoms with Crippen LogP contribution >= 0.6 is 15.9 Å². The third-order valence-corrected chi connectivity index (χ3v) is 3.58. The zero-order valence-electron chi connectivity index (χ0n) is 10.6. The number of nitrogens with one attached hydrogen (secondary N) is 1. The monoisotopic (exact) mass is 336 g/mol. The lowest BCUT2D eigenvalue weighted by molar-refractivity contribution is -0.117. The molecule has 2 aromatic carbocycles. The number of rotatable bonds is 4. The summed E-state index contributed by atoms with van der Waals surface area (Å²) in [5.41, 5.74) is 6.92. The fourth-order valence-electron chi connectivity index (χ4n) is 1.88. The van der Waals surface area contributed by atoms with Gasteiger partial charge in [-0.25, -0.2) is 4.39 Å². The SMILES string of the molecule is NCC(C(=O)Nc1ccc(Br)c(F)c1)c1ccccc1. The molecule has 0 spiro atoms. The van der Waals surface area contributed by atoms with Crippen molar-refractivity contribution in [1.29, 1.82) is 0 Å². The topological polar surface area (TPSA) is 55.1 Å². The zero-order valence-corrected chi connectivity index (χ0v) is 12.2. The van der Waals surface area contributed by atoms with Gasteiger partial charge in [-0.2, -0.15) is 0 Å². The molecule has 0 aliphatic heterocycles. The van der Waals surface area contributed by atoms with Gasteiger partial charge in [0.25, 0.3) is 0 Å². The molecule has 3 N–H and O–H groups in total. The lowest BCUT2D eigenvalue weighted by Gasteiger charge is -2.15. The molecular formula is C15H14BrFN2O. The van der Waals surface area contributed by atoms with Crippen molar-refractivity contribution in [1.82, 2.24) is 0 Å². The number of carbonyl (C=O) groups is 1. The smallest absolute Gasteiger partial charge is 0.233 e. The first-order valence-corrected chi connectivity index (χ1v) is 6.92. The number of carbonyl (C=O) groups excluding carboxylic acids is 1. The molecule has 20 heavy (non-hydrogen) atoms. The van der Waals surface area contributed by atoms with Crippen LogP contribution in [0.4, 0.5) is 10.1 Å². The van der Waals surface area contributed by atoms with E-state index in [1.54, 1.807) is 12.1 Å². The molecule has 5 heteroatoms. The average Bonchev–Trinajstić information content (AvgIpc) is 2.45. The molecule has 2 rings (SSSR count). The van der Waals surface area contributed by atoms with Crippen LogP contribution in [-0.2, 0) is 4.79 Å². The van der Waals surface area contributed by atoms with Gasteiger partial charge in [-0.1, -0.05) is 30.3 Å². The Hall–Kier alpha value is -1.72. The van der Waals surface area contributed by atoms with Crippen LogP contribution in [0.5, 0.6) is 0 Å². The Morgan fingerprint density at radius 1 is 1.25 bits per heavy atom. The molecule has 0 saturated carbocycles. The van der Waals surface area contributed by atoms with Crippen molar-refractivity contribution in [3.05, 3.63) is 64.4 Å². The molecule has 0 heterocycles. The maximum absolute atomic E-state index is 13.4. The highest BCUT2D eigenvalue weighted by molar-refractivity contribution is 9.10. The lowest BCUT2D eigenvalue weighted by atomic mass is 9.98. The average molecular weight is 337 g/mol. The van der Waals surface area contributed by atoms with Gasteiger partial charge in [-0.3, -0.25) is 4.79 Å². The van der Waals surface area contributed by atoms with Crippen LogP contribution in [0.15, 0.2) is 53.0 Å². The standard InChI is InChI=1S/C15H14BrFN2O/c16-13-7-6-11(8-14(13)17)19-15(20)12(9-18)10-4-2-1-3-5-10/h1-8,12H,9,18H2,(H,19,20). The second-order valence-electron chi connectivity index (χ2n) is 4.32. The largest absolute Gasteiger partial charge is 0.329 e. The molecule has 3 nitrogen and oxygen atoms in total. The van der Waals surface area contributed by atoms with E-state index in [-0.39, 0.29) is 12.5 Å². The highest BCUT2D eigenvalue weighted by Crippen LogP contribution is 2.21. The maximum Gasteiger partial charge on any atom is 0.233 e. The van der Waals surface area contributed by atoms with Gasteiger partial charge >= 0.3 is 0 Å². The Balaban J connectivity index is 2.15. The minimum Gasteiger partial charge on any atom is -0.329 e. The Morgan fingerprint density at radius 2 is 1.95 bits per heavy atom. The van der Waals surface area contributed by atoms with Crippen molar-refractivity contribution in [3.8, 4) is 0 Å². The molecule has 0 radical (unpaired) electrons.